The van der Waals surface area contributed by atoms with Crippen molar-refractivity contribution in [1.82, 2.24) is 15.1 Å². The molecule has 25 heavy (non-hydrogen) atoms. The molecule has 0 saturated carbocycles. The normalized spacial score (nSPS) is 10.8. The van der Waals surface area contributed by atoms with Crippen LogP contribution in [0.3, 0.4) is 0 Å². The van der Waals surface area contributed by atoms with Gasteiger partial charge in [0.1, 0.15) is 23.3 Å². The summed E-state index contributed by atoms with van der Waals surface area (Å²) in [6, 6.07) is 7.27. The molecule has 0 unspecified atom stereocenters. The van der Waals surface area contributed by atoms with Crippen molar-refractivity contribution in [2.45, 2.75) is 27.3 Å². The van der Waals surface area contributed by atoms with Gasteiger partial charge in [0.15, 0.2) is 0 Å². The first kappa shape index (κ1) is 19.1. The van der Waals surface area contributed by atoms with Gasteiger partial charge in [-0.1, -0.05) is 25.4 Å². The Morgan fingerprint density at radius 3 is 2.52 bits per heavy atom. The van der Waals surface area contributed by atoms with Gasteiger partial charge in [-0.3, -0.25) is 9.48 Å². The molecule has 1 aromatic heterocycles. The molecule has 0 spiro atoms. The van der Waals surface area contributed by atoms with Crippen molar-refractivity contribution in [3.05, 3.63) is 40.7 Å². The van der Waals surface area contributed by atoms with Crippen LogP contribution >= 0.6 is 11.6 Å². The van der Waals surface area contributed by atoms with Crippen LogP contribution in [0, 0.1) is 12.8 Å². The SMILES string of the molecule is COc1ccc(OCCNC(=O)c2c(C)nn(CC(C)C)c2Cl)cc1. The summed E-state index contributed by atoms with van der Waals surface area (Å²) in [4.78, 5) is 12.4. The number of nitrogens with one attached hydrogen (secondary N) is 1. The molecule has 0 aliphatic rings. The maximum Gasteiger partial charge on any atom is 0.256 e. The van der Waals surface area contributed by atoms with Gasteiger partial charge in [-0.25, -0.2) is 0 Å². The van der Waals surface area contributed by atoms with Crippen LogP contribution in [-0.2, 0) is 6.54 Å². The summed E-state index contributed by atoms with van der Waals surface area (Å²) in [6.07, 6.45) is 0. The lowest BCUT2D eigenvalue weighted by Gasteiger charge is -2.09. The Kier molecular flexibility index (Phi) is 6.70. The highest BCUT2D eigenvalue weighted by molar-refractivity contribution is 6.33. The van der Waals surface area contributed by atoms with Gasteiger partial charge in [-0.2, -0.15) is 5.10 Å². The molecule has 0 atom stereocenters. The molecule has 0 aliphatic carbocycles. The van der Waals surface area contributed by atoms with Crippen molar-refractivity contribution in [1.29, 1.82) is 0 Å². The standard InChI is InChI=1S/C18H24ClN3O3/c1-12(2)11-22-17(19)16(13(3)21-22)18(23)20-9-10-25-15-7-5-14(24-4)6-8-15/h5-8,12H,9-11H2,1-4H3,(H,20,23). The van der Waals surface area contributed by atoms with E-state index in [1.807, 2.05) is 24.3 Å². The van der Waals surface area contributed by atoms with E-state index in [9.17, 15) is 4.79 Å². The summed E-state index contributed by atoms with van der Waals surface area (Å²) in [5, 5.41) is 7.53. The molecule has 2 aromatic rings. The molecule has 0 fully saturated rings. The van der Waals surface area contributed by atoms with Crippen LogP contribution in [0.5, 0.6) is 11.5 Å². The van der Waals surface area contributed by atoms with E-state index < -0.39 is 0 Å². The molecule has 1 aromatic carbocycles. The zero-order valence-electron chi connectivity index (χ0n) is 15.0. The van der Waals surface area contributed by atoms with E-state index in [-0.39, 0.29) is 5.91 Å². The molecule has 2 rings (SSSR count). The Hall–Kier alpha value is -2.21. The molecular formula is C18H24ClN3O3. The molecule has 0 radical (unpaired) electrons. The predicted octanol–water partition coefficient (Wildman–Crippen LogP) is 3.32. The quantitative estimate of drug-likeness (QED) is 0.729. The topological polar surface area (TPSA) is 65.4 Å². The van der Waals surface area contributed by atoms with Crippen LogP contribution in [-0.4, -0.2) is 35.9 Å². The Labute approximate surface area is 153 Å². The van der Waals surface area contributed by atoms with Crippen molar-refractivity contribution in [3.63, 3.8) is 0 Å². The van der Waals surface area contributed by atoms with Crippen LogP contribution < -0.4 is 14.8 Å². The third-order valence-corrected chi connectivity index (χ3v) is 3.93. The number of hydrogen-bond acceptors (Lipinski definition) is 4. The average Bonchev–Trinajstić information content (AvgIpc) is 2.85. The number of halogens is 1. The van der Waals surface area contributed by atoms with Crippen molar-refractivity contribution >= 4 is 17.5 Å². The van der Waals surface area contributed by atoms with E-state index in [0.29, 0.717) is 47.8 Å². The summed E-state index contributed by atoms with van der Waals surface area (Å²) in [6.45, 7) is 7.33. The Bertz CT molecular complexity index is 711. The van der Waals surface area contributed by atoms with E-state index in [4.69, 9.17) is 21.1 Å². The summed E-state index contributed by atoms with van der Waals surface area (Å²) in [7, 11) is 1.61. The van der Waals surface area contributed by atoms with Gasteiger partial charge in [0.25, 0.3) is 5.91 Å². The van der Waals surface area contributed by atoms with E-state index in [1.54, 1.807) is 18.7 Å². The summed E-state index contributed by atoms with van der Waals surface area (Å²) >= 11 is 6.30. The fourth-order valence-corrected chi connectivity index (χ4v) is 2.70. The monoisotopic (exact) mass is 365 g/mol. The van der Waals surface area contributed by atoms with E-state index >= 15 is 0 Å². The molecule has 6 nitrogen and oxygen atoms in total. The Balaban J connectivity index is 1.86. The Morgan fingerprint density at radius 1 is 1.28 bits per heavy atom. The highest BCUT2D eigenvalue weighted by atomic mass is 35.5. The number of nitrogens with zero attached hydrogens (tertiary/aromatic N) is 2. The van der Waals surface area contributed by atoms with Crippen molar-refractivity contribution in [3.8, 4) is 11.5 Å². The minimum absolute atomic E-state index is 0.240. The molecule has 0 aliphatic heterocycles. The fraction of sp³-hybridized carbons (Fsp3) is 0.444. The number of aryl methyl sites for hydroxylation is 1. The first-order valence-corrected chi connectivity index (χ1v) is 8.58. The summed E-state index contributed by atoms with van der Waals surface area (Å²) < 4.78 is 12.3. The van der Waals surface area contributed by atoms with Crippen molar-refractivity contribution in [2.75, 3.05) is 20.3 Å². The van der Waals surface area contributed by atoms with Crippen LogP contribution in [0.4, 0.5) is 0 Å². The first-order valence-electron chi connectivity index (χ1n) is 8.20. The number of carbonyl (C=O) groups is 1. The van der Waals surface area contributed by atoms with Gasteiger partial charge in [0, 0.05) is 6.54 Å². The zero-order valence-corrected chi connectivity index (χ0v) is 15.8. The summed E-state index contributed by atoms with van der Waals surface area (Å²) in [5.74, 6) is 1.64. The summed E-state index contributed by atoms with van der Waals surface area (Å²) in [5.41, 5.74) is 1.05. The van der Waals surface area contributed by atoms with Gasteiger partial charge in [-0.05, 0) is 37.1 Å². The third kappa shape index (κ3) is 5.13. The molecule has 7 heteroatoms. The highest BCUT2D eigenvalue weighted by Gasteiger charge is 2.20. The van der Waals surface area contributed by atoms with Gasteiger partial charge in [0.2, 0.25) is 0 Å². The highest BCUT2D eigenvalue weighted by Crippen LogP contribution is 2.21. The molecule has 0 bridgehead atoms. The molecular weight excluding hydrogens is 342 g/mol. The lowest BCUT2D eigenvalue weighted by Crippen LogP contribution is -2.28. The molecule has 1 amide bonds. The third-order valence-electron chi connectivity index (χ3n) is 3.55. The largest absolute Gasteiger partial charge is 0.497 e. The van der Waals surface area contributed by atoms with Crippen molar-refractivity contribution < 1.29 is 14.3 Å². The van der Waals surface area contributed by atoms with Crippen LogP contribution in [0.25, 0.3) is 0 Å². The van der Waals surface area contributed by atoms with Crippen molar-refractivity contribution in [2.24, 2.45) is 5.92 Å². The smallest absolute Gasteiger partial charge is 0.256 e. The molecule has 1 heterocycles. The number of rotatable bonds is 8. The van der Waals surface area contributed by atoms with Crippen LogP contribution in [0.15, 0.2) is 24.3 Å². The number of carbonyl (C=O) groups excluding carboxylic acids is 1. The maximum atomic E-state index is 12.4. The number of methoxy groups -OCH3 is 1. The van der Waals surface area contributed by atoms with Gasteiger partial charge >= 0.3 is 0 Å². The second-order valence-electron chi connectivity index (χ2n) is 6.11. The lowest BCUT2D eigenvalue weighted by atomic mass is 10.2. The number of amides is 1. The minimum atomic E-state index is -0.240. The first-order chi connectivity index (χ1) is 11.9. The van der Waals surface area contributed by atoms with E-state index in [2.05, 4.69) is 24.3 Å². The van der Waals surface area contributed by atoms with Gasteiger partial charge in [0.05, 0.1) is 24.9 Å². The molecule has 1 N–H and O–H groups in total. The second-order valence-corrected chi connectivity index (χ2v) is 6.47. The Morgan fingerprint density at radius 2 is 1.92 bits per heavy atom. The van der Waals surface area contributed by atoms with Gasteiger partial charge < -0.3 is 14.8 Å². The second kappa shape index (κ2) is 8.76. The van der Waals surface area contributed by atoms with Crippen LogP contribution in [0.2, 0.25) is 5.15 Å². The predicted molar refractivity (Wildman–Crippen MR) is 97.6 cm³/mol. The molecule has 0 saturated heterocycles. The van der Waals surface area contributed by atoms with E-state index in [1.165, 1.54) is 0 Å². The zero-order chi connectivity index (χ0) is 18.4. The number of ether oxygens (including phenoxy) is 2. The van der Waals surface area contributed by atoms with E-state index in [0.717, 1.165) is 5.75 Å². The lowest BCUT2D eigenvalue weighted by molar-refractivity contribution is 0.0946. The number of hydrogen-bond donors (Lipinski definition) is 1. The fourth-order valence-electron chi connectivity index (χ4n) is 2.37. The number of benzene rings is 1. The minimum Gasteiger partial charge on any atom is -0.497 e. The average molecular weight is 366 g/mol. The number of aromatic nitrogens is 2. The van der Waals surface area contributed by atoms with Crippen LogP contribution in [0.1, 0.15) is 29.9 Å². The van der Waals surface area contributed by atoms with Gasteiger partial charge in [-0.15, -0.1) is 0 Å². The molecule has 136 valence electrons. The maximum absolute atomic E-state index is 12.4.